The Morgan fingerprint density at radius 2 is 2.26 bits per heavy atom. The van der Waals surface area contributed by atoms with Crippen LogP contribution in [0.3, 0.4) is 0 Å². The summed E-state index contributed by atoms with van der Waals surface area (Å²) in [6.45, 7) is 2.00. The lowest BCUT2D eigenvalue weighted by atomic mass is 9.94. The molecule has 0 saturated carbocycles. The second-order valence-corrected chi connectivity index (χ2v) is 4.64. The number of anilines is 1. The average Bonchev–Trinajstić information content (AvgIpc) is 2.38. The Bertz CT molecular complexity index is 439. The molecule has 106 valence electrons. The number of alkyl halides is 2. The lowest BCUT2D eigenvalue weighted by Gasteiger charge is -2.32. The third-order valence-electron chi connectivity index (χ3n) is 3.34. The highest BCUT2D eigenvalue weighted by atomic mass is 19.3. The van der Waals surface area contributed by atoms with Crippen LogP contribution in [0.2, 0.25) is 0 Å². The first-order valence-corrected chi connectivity index (χ1v) is 6.36. The average molecular weight is 274 g/mol. The summed E-state index contributed by atoms with van der Waals surface area (Å²) in [5.74, 6) is -4.14. The molecular weight excluding hydrogens is 257 g/mol. The lowest BCUT2D eigenvalue weighted by molar-refractivity contribution is -0.0678. The molecule has 0 aliphatic carbocycles. The fourth-order valence-electron chi connectivity index (χ4n) is 2.13. The van der Waals surface area contributed by atoms with Crippen LogP contribution in [0.25, 0.3) is 0 Å². The van der Waals surface area contributed by atoms with E-state index in [1.54, 1.807) is 6.92 Å². The zero-order valence-electron chi connectivity index (χ0n) is 10.7. The maximum absolute atomic E-state index is 13.8. The van der Waals surface area contributed by atoms with Crippen molar-refractivity contribution in [2.75, 3.05) is 25.0 Å². The van der Waals surface area contributed by atoms with Crippen molar-refractivity contribution in [3.63, 3.8) is 0 Å². The van der Waals surface area contributed by atoms with Crippen molar-refractivity contribution in [3.05, 3.63) is 17.8 Å². The number of halogens is 3. The van der Waals surface area contributed by atoms with Gasteiger partial charge in [0.1, 0.15) is 6.33 Å². The smallest absolute Gasteiger partial charge is 0.264 e. The van der Waals surface area contributed by atoms with Gasteiger partial charge >= 0.3 is 0 Å². The molecule has 1 aliphatic heterocycles. The van der Waals surface area contributed by atoms with Gasteiger partial charge in [-0.15, -0.1) is 0 Å². The quantitative estimate of drug-likeness (QED) is 0.879. The SMILES string of the molecule is CCc1ncnc(NC[C@H]2CCNCC2(F)F)c1F. The van der Waals surface area contributed by atoms with Crippen LogP contribution in [-0.4, -0.2) is 35.5 Å². The summed E-state index contributed by atoms with van der Waals surface area (Å²) in [5.41, 5.74) is 0.287. The van der Waals surface area contributed by atoms with Gasteiger partial charge in [0, 0.05) is 12.5 Å². The summed E-state index contributed by atoms with van der Waals surface area (Å²) in [6.07, 6.45) is 2.03. The van der Waals surface area contributed by atoms with E-state index in [9.17, 15) is 13.2 Å². The van der Waals surface area contributed by atoms with E-state index in [1.165, 1.54) is 6.33 Å². The maximum atomic E-state index is 13.8. The number of aryl methyl sites for hydroxylation is 1. The Hall–Kier alpha value is -1.37. The molecule has 1 fully saturated rings. The molecule has 7 heteroatoms. The van der Waals surface area contributed by atoms with E-state index in [-0.39, 0.29) is 24.6 Å². The predicted octanol–water partition coefficient (Wildman–Crippen LogP) is 1.83. The molecule has 0 radical (unpaired) electrons. The van der Waals surface area contributed by atoms with Crippen molar-refractivity contribution in [1.29, 1.82) is 0 Å². The van der Waals surface area contributed by atoms with Gasteiger partial charge in [-0.3, -0.25) is 0 Å². The second-order valence-electron chi connectivity index (χ2n) is 4.64. The third kappa shape index (κ3) is 3.15. The molecule has 1 saturated heterocycles. The standard InChI is InChI=1S/C12H17F3N4/c1-2-9-10(13)11(19-7-18-9)17-5-8-3-4-16-6-12(8,14)15/h7-8,16H,2-6H2,1H3,(H,17,18,19)/t8-/m1/s1. The summed E-state index contributed by atoms with van der Waals surface area (Å²) < 4.78 is 41.0. The van der Waals surface area contributed by atoms with Crippen molar-refractivity contribution in [2.24, 2.45) is 5.92 Å². The molecule has 2 heterocycles. The Kier molecular flexibility index (Phi) is 4.24. The van der Waals surface area contributed by atoms with E-state index < -0.39 is 17.7 Å². The highest BCUT2D eigenvalue weighted by Gasteiger charge is 2.41. The molecule has 0 unspecified atom stereocenters. The molecule has 4 nitrogen and oxygen atoms in total. The van der Waals surface area contributed by atoms with Crippen molar-refractivity contribution in [2.45, 2.75) is 25.7 Å². The van der Waals surface area contributed by atoms with Gasteiger partial charge in [0.05, 0.1) is 12.2 Å². The van der Waals surface area contributed by atoms with E-state index in [1.807, 2.05) is 0 Å². The van der Waals surface area contributed by atoms with Crippen LogP contribution in [0.1, 0.15) is 19.0 Å². The van der Waals surface area contributed by atoms with Crippen molar-refractivity contribution < 1.29 is 13.2 Å². The number of nitrogens with zero attached hydrogens (tertiary/aromatic N) is 2. The minimum atomic E-state index is -2.78. The first kappa shape index (κ1) is 14.0. The van der Waals surface area contributed by atoms with Crippen LogP contribution in [0, 0.1) is 11.7 Å². The van der Waals surface area contributed by atoms with E-state index in [2.05, 4.69) is 20.6 Å². The van der Waals surface area contributed by atoms with Gasteiger partial charge in [0.15, 0.2) is 11.6 Å². The van der Waals surface area contributed by atoms with Crippen LogP contribution in [-0.2, 0) is 6.42 Å². The second kappa shape index (κ2) is 5.73. The first-order valence-electron chi connectivity index (χ1n) is 6.36. The fraction of sp³-hybridized carbons (Fsp3) is 0.667. The molecule has 1 aromatic heterocycles. The molecule has 2 rings (SSSR count). The Labute approximate surface area is 109 Å². The van der Waals surface area contributed by atoms with Gasteiger partial charge in [-0.25, -0.2) is 23.1 Å². The van der Waals surface area contributed by atoms with Crippen molar-refractivity contribution in [1.82, 2.24) is 15.3 Å². The summed E-state index contributed by atoms with van der Waals surface area (Å²) in [6, 6.07) is 0. The summed E-state index contributed by atoms with van der Waals surface area (Å²) >= 11 is 0. The number of rotatable bonds is 4. The fourth-order valence-corrected chi connectivity index (χ4v) is 2.13. The number of aromatic nitrogens is 2. The maximum Gasteiger partial charge on any atom is 0.264 e. The van der Waals surface area contributed by atoms with E-state index in [0.29, 0.717) is 19.4 Å². The Morgan fingerprint density at radius 3 is 2.95 bits per heavy atom. The molecular formula is C12H17F3N4. The van der Waals surface area contributed by atoms with Crippen LogP contribution < -0.4 is 10.6 Å². The van der Waals surface area contributed by atoms with Crippen molar-refractivity contribution >= 4 is 5.82 Å². The van der Waals surface area contributed by atoms with Crippen LogP contribution in [0.15, 0.2) is 6.33 Å². The van der Waals surface area contributed by atoms with Gasteiger partial charge < -0.3 is 10.6 Å². The normalized spacial score (nSPS) is 22.2. The summed E-state index contributed by atoms with van der Waals surface area (Å²) in [7, 11) is 0. The monoisotopic (exact) mass is 274 g/mol. The number of hydrogen-bond acceptors (Lipinski definition) is 4. The number of piperidine rings is 1. The van der Waals surface area contributed by atoms with E-state index in [0.717, 1.165) is 0 Å². The topological polar surface area (TPSA) is 49.8 Å². The largest absolute Gasteiger partial charge is 0.367 e. The molecule has 0 amide bonds. The molecule has 1 aromatic rings. The van der Waals surface area contributed by atoms with Gasteiger partial charge in [-0.2, -0.15) is 0 Å². The number of hydrogen-bond donors (Lipinski definition) is 2. The summed E-state index contributed by atoms with van der Waals surface area (Å²) in [5, 5.41) is 5.33. The highest BCUT2D eigenvalue weighted by molar-refractivity contribution is 5.37. The van der Waals surface area contributed by atoms with Crippen LogP contribution in [0.4, 0.5) is 19.0 Å². The van der Waals surface area contributed by atoms with Crippen molar-refractivity contribution in [3.8, 4) is 0 Å². The first-order chi connectivity index (χ1) is 9.04. The van der Waals surface area contributed by atoms with Gasteiger partial charge in [0.25, 0.3) is 5.92 Å². The molecule has 19 heavy (non-hydrogen) atoms. The lowest BCUT2D eigenvalue weighted by Crippen LogP contribution is -2.48. The summed E-state index contributed by atoms with van der Waals surface area (Å²) in [4.78, 5) is 7.56. The zero-order chi connectivity index (χ0) is 13.9. The minimum Gasteiger partial charge on any atom is -0.367 e. The van der Waals surface area contributed by atoms with Gasteiger partial charge in [-0.05, 0) is 19.4 Å². The van der Waals surface area contributed by atoms with E-state index >= 15 is 0 Å². The molecule has 0 aromatic carbocycles. The molecule has 0 bridgehead atoms. The van der Waals surface area contributed by atoms with Gasteiger partial charge in [0.2, 0.25) is 0 Å². The van der Waals surface area contributed by atoms with Crippen LogP contribution >= 0.6 is 0 Å². The third-order valence-corrected chi connectivity index (χ3v) is 3.34. The highest BCUT2D eigenvalue weighted by Crippen LogP contribution is 2.29. The minimum absolute atomic E-state index is 0.00110. The zero-order valence-corrected chi connectivity index (χ0v) is 10.7. The van der Waals surface area contributed by atoms with Gasteiger partial charge in [-0.1, -0.05) is 6.92 Å². The Balaban J connectivity index is 2.02. The van der Waals surface area contributed by atoms with E-state index in [4.69, 9.17) is 0 Å². The van der Waals surface area contributed by atoms with Crippen LogP contribution in [0.5, 0.6) is 0 Å². The predicted molar refractivity (Wildman–Crippen MR) is 65.8 cm³/mol. The Morgan fingerprint density at radius 1 is 1.47 bits per heavy atom. The molecule has 2 N–H and O–H groups in total. The molecule has 0 spiro atoms. The number of nitrogens with one attached hydrogen (secondary N) is 2. The molecule has 1 aliphatic rings. The molecule has 1 atom stereocenters.